The Morgan fingerprint density at radius 2 is 2.17 bits per heavy atom. The molecule has 0 aliphatic heterocycles. The molecular formula is C14H20N4. The van der Waals surface area contributed by atoms with Crippen LogP contribution in [0.15, 0.2) is 30.6 Å². The Kier molecular flexibility index (Phi) is 4.10. The molecule has 96 valence electrons. The van der Waals surface area contributed by atoms with Crippen molar-refractivity contribution in [1.82, 2.24) is 20.1 Å². The number of aryl methyl sites for hydroxylation is 2. The van der Waals surface area contributed by atoms with Crippen molar-refractivity contribution < 1.29 is 0 Å². The first-order valence-corrected chi connectivity index (χ1v) is 6.37. The molecule has 2 aromatic heterocycles. The van der Waals surface area contributed by atoms with E-state index in [1.807, 2.05) is 26.4 Å². The van der Waals surface area contributed by atoms with Crippen LogP contribution >= 0.6 is 0 Å². The Balaban J connectivity index is 2.36. The summed E-state index contributed by atoms with van der Waals surface area (Å²) in [6, 6.07) is 6.41. The van der Waals surface area contributed by atoms with Crippen LogP contribution in [0.5, 0.6) is 0 Å². The lowest BCUT2D eigenvalue weighted by Crippen LogP contribution is -2.21. The van der Waals surface area contributed by atoms with Crippen LogP contribution in [0.2, 0.25) is 0 Å². The van der Waals surface area contributed by atoms with Crippen molar-refractivity contribution in [1.29, 1.82) is 0 Å². The minimum atomic E-state index is 0.167. The van der Waals surface area contributed by atoms with Gasteiger partial charge in [0.2, 0.25) is 0 Å². The zero-order chi connectivity index (χ0) is 13.0. The summed E-state index contributed by atoms with van der Waals surface area (Å²) in [5.74, 6) is 0. The van der Waals surface area contributed by atoms with E-state index in [1.165, 1.54) is 11.3 Å². The van der Waals surface area contributed by atoms with Gasteiger partial charge >= 0.3 is 0 Å². The van der Waals surface area contributed by atoms with Crippen molar-refractivity contribution in [2.45, 2.75) is 32.9 Å². The second-order valence-corrected chi connectivity index (χ2v) is 4.43. The molecule has 0 bridgehead atoms. The van der Waals surface area contributed by atoms with Crippen molar-refractivity contribution in [3.63, 3.8) is 0 Å². The van der Waals surface area contributed by atoms with Crippen LogP contribution in [0.4, 0.5) is 0 Å². The van der Waals surface area contributed by atoms with Crippen molar-refractivity contribution >= 4 is 0 Å². The number of nitrogens with one attached hydrogen (secondary N) is 1. The minimum Gasteiger partial charge on any atom is -0.308 e. The minimum absolute atomic E-state index is 0.167. The zero-order valence-electron chi connectivity index (χ0n) is 11.2. The van der Waals surface area contributed by atoms with Gasteiger partial charge in [0.25, 0.3) is 0 Å². The van der Waals surface area contributed by atoms with Crippen LogP contribution in [-0.2, 0) is 6.54 Å². The highest BCUT2D eigenvalue weighted by Gasteiger charge is 2.16. The fourth-order valence-electron chi connectivity index (χ4n) is 2.22. The molecule has 0 fully saturated rings. The summed E-state index contributed by atoms with van der Waals surface area (Å²) >= 11 is 0. The molecule has 0 aliphatic rings. The van der Waals surface area contributed by atoms with Crippen LogP contribution < -0.4 is 5.32 Å². The van der Waals surface area contributed by atoms with Gasteiger partial charge in [0, 0.05) is 24.6 Å². The van der Waals surface area contributed by atoms with Gasteiger partial charge in [0.1, 0.15) is 0 Å². The fourth-order valence-corrected chi connectivity index (χ4v) is 2.22. The van der Waals surface area contributed by atoms with Gasteiger partial charge in [-0.05, 0) is 44.2 Å². The molecule has 2 rings (SSSR count). The topological polar surface area (TPSA) is 42.7 Å². The molecule has 1 unspecified atom stereocenters. The molecule has 0 amide bonds. The third-order valence-electron chi connectivity index (χ3n) is 3.02. The number of pyridine rings is 1. The third-order valence-corrected chi connectivity index (χ3v) is 3.02. The Hall–Kier alpha value is -1.68. The fraction of sp³-hybridized carbons (Fsp3) is 0.429. The van der Waals surface area contributed by atoms with Crippen molar-refractivity contribution in [2.75, 3.05) is 7.05 Å². The SMILES string of the molecule is CCCn1nccc1C(NC)c1ccnc(C)c1. The maximum atomic E-state index is 4.38. The van der Waals surface area contributed by atoms with Crippen molar-refractivity contribution in [3.8, 4) is 0 Å². The quantitative estimate of drug-likeness (QED) is 0.877. The lowest BCUT2D eigenvalue weighted by Gasteiger charge is -2.18. The molecule has 1 N–H and O–H groups in total. The molecule has 0 saturated carbocycles. The molecule has 0 radical (unpaired) electrons. The largest absolute Gasteiger partial charge is 0.308 e. The first kappa shape index (κ1) is 12.8. The van der Waals surface area contributed by atoms with Crippen LogP contribution in [0.3, 0.4) is 0 Å². The summed E-state index contributed by atoms with van der Waals surface area (Å²) in [4.78, 5) is 4.25. The monoisotopic (exact) mass is 244 g/mol. The van der Waals surface area contributed by atoms with Gasteiger partial charge in [-0.2, -0.15) is 5.10 Å². The van der Waals surface area contributed by atoms with Gasteiger partial charge in [0.05, 0.1) is 11.7 Å². The predicted octanol–water partition coefficient (Wildman–Crippen LogP) is 2.31. The normalized spacial score (nSPS) is 12.6. The molecule has 2 aromatic rings. The number of hydrogen-bond donors (Lipinski definition) is 1. The lowest BCUT2D eigenvalue weighted by atomic mass is 10.0. The maximum Gasteiger partial charge on any atom is 0.0747 e. The molecule has 0 aromatic carbocycles. The van der Waals surface area contributed by atoms with E-state index < -0.39 is 0 Å². The molecule has 0 saturated heterocycles. The van der Waals surface area contributed by atoms with E-state index in [9.17, 15) is 0 Å². The Morgan fingerprint density at radius 3 is 2.83 bits per heavy atom. The van der Waals surface area contributed by atoms with E-state index in [-0.39, 0.29) is 6.04 Å². The van der Waals surface area contributed by atoms with Crippen LogP contribution in [-0.4, -0.2) is 21.8 Å². The Bertz CT molecular complexity index is 504. The van der Waals surface area contributed by atoms with Crippen LogP contribution in [0.1, 0.15) is 36.3 Å². The number of hydrogen-bond acceptors (Lipinski definition) is 3. The number of rotatable bonds is 5. The molecule has 2 heterocycles. The highest BCUT2D eigenvalue weighted by Crippen LogP contribution is 2.21. The van der Waals surface area contributed by atoms with E-state index in [4.69, 9.17) is 0 Å². The van der Waals surface area contributed by atoms with Crippen molar-refractivity contribution in [2.24, 2.45) is 0 Å². The van der Waals surface area contributed by atoms with E-state index >= 15 is 0 Å². The summed E-state index contributed by atoms with van der Waals surface area (Å²) in [6.07, 6.45) is 4.80. The lowest BCUT2D eigenvalue weighted by molar-refractivity contribution is 0.534. The standard InChI is InChI=1S/C14H20N4/c1-4-9-18-13(6-8-17-18)14(15-3)12-5-7-16-11(2)10-12/h5-8,10,14-15H,4,9H2,1-3H3. The second-order valence-electron chi connectivity index (χ2n) is 4.43. The third kappa shape index (κ3) is 2.59. The summed E-state index contributed by atoms with van der Waals surface area (Å²) < 4.78 is 2.07. The van der Waals surface area contributed by atoms with E-state index in [0.717, 1.165) is 18.7 Å². The molecule has 0 spiro atoms. The van der Waals surface area contributed by atoms with Gasteiger partial charge in [0.15, 0.2) is 0 Å². The Morgan fingerprint density at radius 1 is 1.33 bits per heavy atom. The highest BCUT2D eigenvalue weighted by atomic mass is 15.3. The summed E-state index contributed by atoms with van der Waals surface area (Å²) in [5.41, 5.74) is 3.46. The molecule has 4 nitrogen and oxygen atoms in total. The number of nitrogens with zero attached hydrogens (tertiary/aromatic N) is 3. The average molecular weight is 244 g/mol. The first-order chi connectivity index (χ1) is 8.76. The molecule has 1 atom stereocenters. The molecule has 4 heteroatoms. The summed E-state index contributed by atoms with van der Waals surface area (Å²) in [7, 11) is 1.98. The van der Waals surface area contributed by atoms with E-state index in [1.54, 1.807) is 0 Å². The van der Waals surface area contributed by atoms with Gasteiger partial charge in [-0.25, -0.2) is 0 Å². The summed E-state index contributed by atoms with van der Waals surface area (Å²) in [6.45, 7) is 5.13. The van der Waals surface area contributed by atoms with Crippen LogP contribution in [0.25, 0.3) is 0 Å². The highest BCUT2D eigenvalue weighted by molar-refractivity contribution is 5.27. The first-order valence-electron chi connectivity index (χ1n) is 6.37. The Labute approximate surface area is 108 Å². The molecule has 0 aliphatic carbocycles. The molecular weight excluding hydrogens is 224 g/mol. The smallest absolute Gasteiger partial charge is 0.0747 e. The maximum absolute atomic E-state index is 4.38. The number of aromatic nitrogens is 3. The zero-order valence-corrected chi connectivity index (χ0v) is 11.2. The van der Waals surface area contributed by atoms with Crippen molar-refractivity contribution in [3.05, 3.63) is 47.5 Å². The van der Waals surface area contributed by atoms with Gasteiger partial charge in [-0.3, -0.25) is 9.67 Å². The predicted molar refractivity (Wildman–Crippen MR) is 72.4 cm³/mol. The van der Waals surface area contributed by atoms with Gasteiger partial charge in [-0.15, -0.1) is 0 Å². The van der Waals surface area contributed by atoms with Crippen LogP contribution in [0, 0.1) is 6.92 Å². The van der Waals surface area contributed by atoms with Gasteiger partial charge < -0.3 is 5.32 Å². The van der Waals surface area contributed by atoms with E-state index in [2.05, 4.69) is 45.2 Å². The molecule has 18 heavy (non-hydrogen) atoms. The summed E-state index contributed by atoms with van der Waals surface area (Å²) in [5, 5.41) is 7.74. The van der Waals surface area contributed by atoms with Gasteiger partial charge in [-0.1, -0.05) is 6.92 Å². The average Bonchev–Trinajstić information content (AvgIpc) is 2.79. The second kappa shape index (κ2) is 5.78. The van der Waals surface area contributed by atoms with E-state index in [0.29, 0.717) is 0 Å².